The van der Waals surface area contributed by atoms with Gasteiger partial charge >= 0.3 is 0 Å². The van der Waals surface area contributed by atoms with E-state index in [0.29, 0.717) is 17.1 Å². The highest BCUT2D eigenvalue weighted by molar-refractivity contribution is 9.10. The van der Waals surface area contributed by atoms with Crippen LogP contribution < -0.4 is 16.2 Å². The summed E-state index contributed by atoms with van der Waals surface area (Å²) in [6.07, 6.45) is 0. The standard InChI is InChI=1S/C23H19BrN4O3S/c1-12-5-4-6-17(14(12)3)27-22(31)20-19(21(30)26-16-9-7-15(24)8-10-16)28-18(29)11-13(2)25-23(28)32-20/h4-11H,1-3H3,(H,26,30)(H,27,31). The van der Waals surface area contributed by atoms with Crippen molar-refractivity contribution in [1.82, 2.24) is 9.38 Å². The second-order valence-corrected chi connectivity index (χ2v) is 9.19. The second kappa shape index (κ2) is 8.68. The molecule has 162 valence electrons. The zero-order valence-corrected chi connectivity index (χ0v) is 19.9. The largest absolute Gasteiger partial charge is 0.321 e. The van der Waals surface area contributed by atoms with Crippen molar-refractivity contribution >= 4 is 55.4 Å². The lowest BCUT2D eigenvalue weighted by molar-refractivity contribution is 0.0989. The van der Waals surface area contributed by atoms with E-state index in [4.69, 9.17) is 0 Å². The van der Waals surface area contributed by atoms with E-state index in [1.165, 1.54) is 10.5 Å². The summed E-state index contributed by atoms with van der Waals surface area (Å²) in [4.78, 5) is 43.9. The van der Waals surface area contributed by atoms with E-state index in [1.807, 2.05) is 26.0 Å². The number of carbonyl (C=O) groups excluding carboxylic acids is 2. The summed E-state index contributed by atoms with van der Waals surface area (Å²) in [5, 5.41) is 5.64. The van der Waals surface area contributed by atoms with Crippen molar-refractivity contribution < 1.29 is 9.59 Å². The minimum atomic E-state index is -0.572. The first kappa shape index (κ1) is 21.9. The highest BCUT2D eigenvalue weighted by Gasteiger charge is 2.26. The Balaban J connectivity index is 1.81. The number of nitrogens with zero attached hydrogens (tertiary/aromatic N) is 2. The van der Waals surface area contributed by atoms with Crippen LogP contribution in [0.25, 0.3) is 4.96 Å². The molecule has 32 heavy (non-hydrogen) atoms. The number of fused-ring (bicyclic) bond motifs is 1. The zero-order valence-electron chi connectivity index (χ0n) is 17.5. The SMILES string of the molecule is Cc1cc(=O)n2c(C(=O)Nc3ccc(Br)cc3)c(C(=O)Nc3cccc(C)c3C)sc2n1. The van der Waals surface area contributed by atoms with Crippen LogP contribution in [0.5, 0.6) is 0 Å². The third-order valence-electron chi connectivity index (χ3n) is 5.02. The Morgan fingerprint density at radius 2 is 1.72 bits per heavy atom. The first-order valence-electron chi connectivity index (χ1n) is 9.72. The number of nitrogens with one attached hydrogen (secondary N) is 2. The summed E-state index contributed by atoms with van der Waals surface area (Å²) in [6, 6.07) is 13.9. The molecule has 0 atom stereocenters. The third kappa shape index (κ3) is 4.21. The van der Waals surface area contributed by atoms with E-state index in [-0.39, 0.29) is 15.5 Å². The monoisotopic (exact) mass is 510 g/mol. The first-order valence-corrected chi connectivity index (χ1v) is 11.3. The molecule has 0 bridgehead atoms. The van der Waals surface area contributed by atoms with Crippen LogP contribution in [0, 0.1) is 20.8 Å². The maximum Gasteiger partial charge on any atom is 0.274 e. The van der Waals surface area contributed by atoms with Crippen molar-refractivity contribution in [2.24, 2.45) is 0 Å². The summed E-state index contributed by atoms with van der Waals surface area (Å²) < 4.78 is 2.05. The van der Waals surface area contributed by atoms with E-state index in [2.05, 4.69) is 31.5 Å². The van der Waals surface area contributed by atoms with E-state index in [1.54, 1.807) is 37.3 Å². The lowest BCUT2D eigenvalue weighted by Gasteiger charge is -2.11. The Labute approximate surface area is 196 Å². The van der Waals surface area contributed by atoms with Crippen LogP contribution in [-0.2, 0) is 0 Å². The Morgan fingerprint density at radius 1 is 1.00 bits per heavy atom. The smallest absolute Gasteiger partial charge is 0.274 e. The number of hydrogen-bond donors (Lipinski definition) is 2. The predicted octanol–water partition coefficient (Wildman–Crippen LogP) is 4.95. The van der Waals surface area contributed by atoms with Gasteiger partial charge in [-0.3, -0.25) is 14.4 Å². The van der Waals surface area contributed by atoms with Crippen LogP contribution in [0.4, 0.5) is 11.4 Å². The van der Waals surface area contributed by atoms with Crippen molar-refractivity contribution in [3.05, 3.63) is 90.7 Å². The van der Waals surface area contributed by atoms with Crippen LogP contribution in [0.15, 0.2) is 57.8 Å². The van der Waals surface area contributed by atoms with Gasteiger partial charge in [-0.15, -0.1) is 0 Å². The third-order valence-corrected chi connectivity index (χ3v) is 6.59. The molecule has 0 aliphatic heterocycles. The van der Waals surface area contributed by atoms with Crippen molar-refractivity contribution in [3.63, 3.8) is 0 Å². The van der Waals surface area contributed by atoms with E-state index >= 15 is 0 Å². The van der Waals surface area contributed by atoms with Gasteiger partial charge in [-0.2, -0.15) is 0 Å². The number of amides is 2. The normalized spacial score (nSPS) is 10.9. The Morgan fingerprint density at radius 3 is 2.44 bits per heavy atom. The molecule has 9 heteroatoms. The fourth-order valence-electron chi connectivity index (χ4n) is 3.23. The van der Waals surface area contributed by atoms with Gasteiger partial charge in [0.1, 0.15) is 10.6 Å². The number of anilines is 2. The number of aryl methyl sites for hydroxylation is 2. The molecular formula is C23H19BrN4O3S. The van der Waals surface area contributed by atoms with Gasteiger partial charge in [0.05, 0.1) is 0 Å². The number of halogens is 1. The van der Waals surface area contributed by atoms with Gasteiger partial charge in [-0.05, 0) is 62.2 Å². The van der Waals surface area contributed by atoms with Gasteiger partial charge in [0.2, 0.25) is 0 Å². The van der Waals surface area contributed by atoms with Crippen LogP contribution in [0.1, 0.15) is 37.0 Å². The second-order valence-electron chi connectivity index (χ2n) is 7.30. The molecule has 2 amide bonds. The lowest BCUT2D eigenvalue weighted by Crippen LogP contribution is -2.25. The number of thiazole rings is 1. The maximum absolute atomic E-state index is 13.2. The highest BCUT2D eigenvalue weighted by atomic mass is 79.9. The van der Waals surface area contributed by atoms with E-state index in [9.17, 15) is 14.4 Å². The van der Waals surface area contributed by atoms with Crippen LogP contribution in [-0.4, -0.2) is 21.2 Å². The molecule has 0 aliphatic carbocycles. The lowest BCUT2D eigenvalue weighted by atomic mass is 10.1. The molecular weight excluding hydrogens is 492 g/mol. The molecule has 0 unspecified atom stereocenters. The molecule has 2 N–H and O–H groups in total. The van der Waals surface area contributed by atoms with Gasteiger partial charge < -0.3 is 10.6 Å². The fourth-order valence-corrected chi connectivity index (χ4v) is 4.57. The molecule has 0 saturated carbocycles. The van der Waals surface area contributed by atoms with Crippen molar-refractivity contribution in [2.75, 3.05) is 10.6 Å². The Kier molecular flexibility index (Phi) is 5.94. The molecule has 0 fully saturated rings. The summed E-state index contributed by atoms with van der Waals surface area (Å²) >= 11 is 4.36. The predicted molar refractivity (Wildman–Crippen MR) is 130 cm³/mol. The van der Waals surface area contributed by atoms with Gasteiger partial charge in [-0.1, -0.05) is 39.4 Å². The average molecular weight is 511 g/mol. The van der Waals surface area contributed by atoms with Gasteiger partial charge in [0.15, 0.2) is 4.96 Å². The number of hydrogen-bond acceptors (Lipinski definition) is 5. The molecule has 2 heterocycles. The number of benzene rings is 2. The molecule has 4 aromatic rings. The summed E-state index contributed by atoms with van der Waals surface area (Å²) in [5.41, 5.74) is 3.17. The quantitative estimate of drug-likeness (QED) is 0.406. The topological polar surface area (TPSA) is 92.6 Å². The maximum atomic E-state index is 13.2. The Bertz CT molecular complexity index is 1420. The number of aromatic nitrogens is 2. The molecule has 2 aromatic carbocycles. The highest BCUT2D eigenvalue weighted by Crippen LogP contribution is 2.26. The Hall–Kier alpha value is -3.30. The molecule has 0 saturated heterocycles. The minimum absolute atomic E-state index is 0.0479. The minimum Gasteiger partial charge on any atom is -0.321 e. The zero-order chi connectivity index (χ0) is 23.0. The average Bonchev–Trinajstić information content (AvgIpc) is 3.13. The molecule has 4 rings (SSSR count). The summed E-state index contributed by atoms with van der Waals surface area (Å²) in [7, 11) is 0. The van der Waals surface area contributed by atoms with E-state index in [0.717, 1.165) is 26.9 Å². The van der Waals surface area contributed by atoms with Gasteiger partial charge in [0.25, 0.3) is 17.4 Å². The van der Waals surface area contributed by atoms with E-state index < -0.39 is 17.4 Å². The summed E-state index contributed by atoms with van der Waals surface area (Å²) in [6.45, 7) is 5.55. The molecule has 2 aromatic heterocycles. The fraction of sp³-hybridized carbons (Fsp3) is 0.130. The van der Waals surface area contributed by atoms with Crippen LogP contribution in [0.2, 0.25) is 0 Å². The molecule has 0 spiro atoms. The van der Waals surface area contributed by atoms with Crippen LogP contribution >= 0.6 is 27.3 Å². The van der Waals surface area contributed by atoms with Crippen molar-refractivity contribution in [1.29, 1.82) is 0 Å². The number of carbonyl (C=O) groups is 2. The first-order chi connectivity index (χ1) is 15.2. The van der Waals surface area contributed by atoms with Crippen molar-refractivity contribution in [3.8, 4) is 0 Å². The molecule has 0 radical (unpaired) electrons. The van der Waals surface area contributed by atoms with Gasteiger partial charge in [0, 0.05) is 27.6 Å². The number of rotatable bonds is 4. The molecule has 0 aliphatic rings. The van der Waals surface area contributed by atoms with Crippen molar-refractivity contribution in [2.45, 2.75) is 20.8 Å². The molecule has 7 nitrogen and oxygen atoms in total. The van der Waals surface area contributed by atoms with Gasteiger partial charge in [-0.25, -0.2) is 9.38 Å². The summed E-state index contributed by atoms with van der Waals surface area (Å²) in [5.74, 6) is -1.05. The van der Waals surface area contributed by atoms with Crippen LogP contribution in [0.3, 0.4) is 0 Å².